The normalized spacial score (nSPS) is 20.6. The van der Waals surface area contributed by atoms with Gasteiger partial charge >= 0.3 is 18.2 Å². The lowest BCUT2D eigenvalue weighted by molar-refractivity contribution is -0.140. The first kappa shape index (κ1) is 31.2. The van der Waals surface area contributed by atoms with Crippen molar-refractivity contribution in [2.24, 2.45) is 4.99 Å². The molecule has 14 nitrogen and oxygen atoms in total. The van der Waals surface area contributed by atoms with Gasteiger partial charge in [-0.15, -0.1) is 10.2 Å². The van der Waals surface area contributed by atoms with Crippen LogP contribution in [0.5, 0.6) is 0 Å². The van der Waals surface area contributed by atoms with E-state index in [1.807, 2.05) is 30.3 Å². The number of amides is 4. The number of carbonyl (C=O) groups excluding carboxylic acids is 3. The SMILES string of the molecule is CC(C)(C)OC(=O)NC(=NCC1(c2nnc([C@@H]3CC[C@@H]4CN3C(=O)N4OCc3ccccc3)o2)CC1)NC(=O)OC(C)(C)C. The molecule has 1 aromatic heterocycles. The third-order valence-corrected chi connectivity index (χ3v) is 7.35. The number of nitrogens with zero attached hydrogens (tertiary/aromatic N) is 5. The van der Waals surface area contributed by atoms with E-state index in [0.29, 0.717) is 31.4 Å². The second kappa shape index (κ2) is 12.1. The zero-order valence-electron chi connectivity index (χ0n) is 26.1. The number of benzene rings is 1. The first-order valence-electron chi connectivity index (χ1n) is 14.9. The summed E-state index contributed by atoms with van der Waals surface area (Å²) >= 11 is 0. The van der Waals surface area contributed by atoms with Crippen molar-refractivity contribution in [1.82, 2.24) is 30.8 Å². The van der Waals surface area contributed by atoms with Gasteiger partial charge in [0.1, 0.15) is 23.9 Å². The Balaban J connectivity index is 1.25. The first-order chi connectivity index (χ1) is 20.7. The Hall–Kier alpha value is -4.20. The molecule has 1 saturated carbocycles. The number of hydroxylamine groups is 2. The van der Waals surface area contributed by atoms with Crippen molar-refractivity contribution in [2.45, 2.75) is 103 Å². The molecule has 2 bridgehead atoms. The number of aliphatic imine (C=N–C) groups is 1. The summed E-state index contributed by atoms with van der Waals surface area (Å²) in [5.74, 6) is 0.651. The summed E-state index contributed by atoms with van der Waals surface area (Å²) in [6.45, 7) is 11.4. The number of urea groups is 1. The van der Waals surface area contributed by atoms with Crippen molar-refractivity contribution in [3.63, 3.8) is 0 Å². The maximum absolute atomic E-state index is 13.3. The lowest BCUT2D eigenvalue weighted by Crippen LogP contribution is -2.47. The molecule has 2 N–H and O–H groups in total. The minimum atomic E-state index is -0.773. The van der Waals surface area contributed by atoms with Gasteiger partial charge in [-0.05, 0) is 72.8 Å². The van der Waals surface area contributed by atoms with E-state index in [-0.39, 0.29) is 30.6 Å². The molecule has 0 radical (unpaired) electrons. The largest absolute Gasteiger partial charge is 0.444 e. The van der Waals surface area contributed by atoms with Crippen molar-refractivity contribution >= 4 is 24.2 Å². The maximum atomic E-state index is 13.3. The molecule has 2 aliphatic heterocycles. The zero-order chi connectivity index (χ0) is 31.7. The van der Waals surface area contributed by atoms with E-state index in [1.54, 1.807) is 46.4 Å². The Bertz CT molecular complexity index is 1360. The van der Waals surface area contributed by atoms with Gasteiger partial charge in [0.15, 0.2) is 0 Å². The standard InChI is InChI=1S/C30H41N7O7/c1-28(2,3)43-25(38)32-24(33-26(39)44-29(4,5)6)31-18-30(14-15-30)23-35-34-22(42-23)21-13-12-20-16-36(21)27(40)37(20)41-17-19-10-8-7-9-11-19/h7-11,20-21H,12-18H2,1-6H3,(H2,31,32,33,38,39)/t20-,21+/m1/s1. The molecule has 2 aromatic rings. The third kappa shape index (κ3) is 7.65. The molecule has 3 fully saturated rings. The minimum absolute atomic E-state index is 0.0395. The molecule has 1 aromatic carbocycles. The third-order valence-electron chi connectivity index (χ3n) is 7.35. The fourth-order valence-corrected chi connectivity index (χ4v) is 5.09. The number of ether oxygens (including phenoxy) is 2. The molecule has 3 aliphatic rings. The van der Waals surface area contributed by atoms with Crippen molar-refractivity contribution in [1.29, 1.82) is 0 Å². The minimum Gasteiger partial charge on any atom is -0.444 e. The summed E-state index contributed by atoms with van der Waals surface area (Å²) in [5.41, 5.74) is -1.07. The highest BCUT2D eigenvalue weighted by Gasteiger charge is 2.51. The number of fused-ring (bicyclic) bond motifs is 2. The summed E-state index contributed by atoms with van der Waals surface area (Å²) in [6.07, 6.45) is 1.31. The zero-order valence-corrected chi connectivity index (χ0v) is 26.1. The van der Waals surface area contributed by atoms with E-state index in [0.717, 1.165) is 24.8 Å². The van der Waals surface area contributed by atoms with Crippen LogP contribution in [0.25, 0.3) is 0 Å². The summed E-state index contributed by atoms with van der Waals surface area (Å²) in [7, 11) is 0. The average Bonchev–Trinajstić information content (AvgIpc) is 3.48. The van der Waals surface area contributed by atoms with Crippen molar-refractivity contribution < 1.29 is 33.1 Å². The van der Waals surface area contributed by atoms with Gasteiger partial charge < -0.3 is 18.8 Å². The number of hydrogen-bond donors (Lipinski definition) is 2. The number of guanidine groups is 1. The van der Waals surface area contributed by atoms with Gasteiger partial charge in [0.25, 0.3) is 0 Å². The van der Waals surface area contributed by atoms with Crippen molar-refractivity contribution in [3.8, 4) is 0 Å². The van der Waals surface area contributed by atoms with E-state index >= 15 is 0 Å². The van der Waals surface area contributed by atoms with E-state index in [9.17, 15) is 14.4 Å². The van der Waals surface area contributed by atoms with E-state index < -0.39 is 28.8 Å². The molecule has 3 heterocycles. The van der Waals surface area contributed by atoms with Crippen LogP contribution in [0.3, 0.4) is 0 Å². The van der Waals surface area contributed by atoms with Crippen LogP contribution in [0.15, 0.2) is 39.7 Å². The second-order valence-corrected chi connectivity index (χ2v) is 13.4. The van der Waals surface area contributed by atoms with Gasteiger partial charge in [-0.25, -0.2) is 14.4 Å². The summed E-state index contributed by atoms with van der Waals surface area (Å²) in [4.78, 5) is 50.3. The van der Waals surface area contributed by atoms with Crippen LogP contribution >= 0.6 is 0 Å². The van der Waals surface area contributed by atoms with Crippen LogP contribution in [0.2, 0.25) is 0 Å². The highest BCUT2D eigenvalue weighted by Crippen LogP contribution is 2.48. The van der Waals surface area contributed by atoms with E-state index in [1.165, 1.54) is 5.06 Å². The smallest absolute Gasteiger partial charge is 0.414 e. The predicted molar refractivity (Wildman–Crippen MR) is 157 cm³/mol. The topological polar surface area (TPSA) is 161 Å². The predicted octanol–water partition coefficient (Wildman–Crippen LogP) is 4.58. The highest BCUT2D eigenvalue weighted by molar-refractivity contribution is 6.01. The second-order valence-electron chi connectivity index (χ2n) is 13.4. The van der Waals surface area contributed by atoms with Crippen LogP contribution in [-0.2, 0) is 26.3 Å². The fraction of sp³-hybridized carbons (Fsp3) is 0.600. The molecule has 0 unspecified atom stereocenters. The highest BCUT2D eigenvalue weighted by atomic mass is 16.7. The van der Waals surface area contributed by atoms with E-state index in [2.05, 4.69) is 25.8 Å². The molecular weight excluding hydrogens is 570 g/mol. The van der Waals surface area contributed by atoms with E-state index in [4.69, 9.17) is 18.7 Å². The summed E-state index contributed by atoms with van der Waals surface area (Å²) in [5, 5.41) is 15.1. The first-order valence-corrected chi connectivity index (χ1v) is 14.9. The summed E-state index contributed by atoms with van der Waals surface area (Å²) < 4.78 is 16.8. The number of piperidine rings is 1. The van der Waals surface area contributed by atoms with Crippen LogP contribution in [0, 0.1) is 0 Å². The van der Waals surface area contributed by atoms with Crippen LogP contribution in [0.4, 0.5) is 14.4 Å². The van der Waals surface area contributed by atoms with Crippen LogP contribution in [0.1, 0.15) is 90.6 Å². The maximum Gasteiger partial charge on any atom is 0.414 e. The Labute approximate surface area is 256 Å². The molecule has 14 heteroatoms. The Morgan fingerprint density at radius 2 is 1.64 bits per heavy atom. The van der Waals surface area contributed by atoms with Gasteiger partial charge in [-0.2, -0.15) is 5.06 Å². The number of rotatable bonds is 7. The number of nitrogens with one attached hydrogen (secondary N) is 2. The van der Waals surface area contributed by atoms with Gasteiger partial charge in [0, 0.05) is 6.54 Å². The monoisotopic (exact) mass is 611 g/mol. The fourth-order valence-electron chi connectivity index (χ4n) is 5.09. The molecule has 4 amide bonds. The Morgan fingerprint density at radius 3 is 2.23 bits per heavy atom. The molecular formula is C30H41N7O7. The van der Waals surface area contributed by atoms with Crippen LogP contribution < -0.4 is 10.6 Å². The van der Waals surface area contributed by atoms with Gasteiger partial charge in [0.2, 0.25) is 17.7 Å². The lowest BCUT2D eigenvalue weighted by atomic mass is 10.0. The number of carbonyl (C=O) groups is 3. The average molecular weight is 612 g/mol. The van der Waals surface area contributed by atoms with Gasteiger partial charge in [-0.3, -0.25) is 20.5 Å². The Morgan fingerprint density at radius 1 is 1.00 bits per heavy atom. The molecule has 2 atom stereocenters. The molecule has 238 valence electrons. The number of aromatic nitrogens is 2. The van der Waals surface area contributed by atoms with Gasteiger partial charge in [0.05, 0.1) is 18.0 Å². The van der Waals surface area contributed by atoms with Crippen LogP contribution in [-0.4, -0.2) is 74.7 Å². The molecule has 5 rings (SSSR count). The number of hydrogen-bond acceptors (Lipinski definition) is 10. The van der Waals surface area contributed by atoms with Crippen molar-refractivity contribution in [2.75, 3.05) is 13.1 Å². The summed E-state index contributed by atoms with van der Waals surface area (Å²) in [6, 6.07) is 9.10. The molecule has 2 saturated heterocycles. The Kier molecular flexibility index (Phi) is 8.56. The number of alkyl carbamates (subject to hydrolysis) is 2. The molecule has 44 heavy (non-hydrogen) atoms. The molecule has 1 aliphatic carbocycles. The van der Waals surface area contributed by atoms with Crippen molar-refractivity contribution in [3.05, 3.63) is 47.7 Å². The quantitative estimate of drug-likeness (QED) is 0.337. The molecule has 0 spiro atoms. The lowest BCUT2D eigenvalue weighted by Gasteiger charge is -2.27. The van der Waals surface area contributed by atoms with Gasteiger partial charge in [-0.1, -0.05) is 30.3 Å².